The first kappa shape index (κ1) is 34.9. The number of ether oxygens (including phenoxy) is 1. The third kappa shape index (κ3) is 9.37. The Kier molecular flexibility index (Phi) is 11.5. The second-order valence-electron chi connectivity index (χ2n) is 12.6. The maximum atomic E-state index is 13.6. The molecule has 49 heavy (non-hydrogen) atoms. The van der Waals surface area contributed by atoms with Crippen LogP contribution in [0.5, 0.6) is 5.75 Å². The van der Waals surface area contributed by atoms with E-state index in [4.69, 9.17) is 10.5 Å². The number of fused-ring (bicyclic) bond motifs is 1. The first-order chi connectivity index (χ1) is 23.6. The number of hydrogen-bond donors (Lipinski definition) is 5. The van der Waals surface area contributed by atoms with Gasteiger partial charge in [-0.15, -0.1) is 0 Å². The van der Waals surface area contributed by atoms with E-state index in [2.05, 4.69) is 20.9 Å². The van der Waals surface area contributed by atoms with Gasteiger partial charge < -0.3 is 36.4 Å². The topological polar surface area (TPSA) is 149 Å². The van der Waals surface area contributed by atoms with Crippen molar-refractivity contribution in [1.29, 1.82) is 0 Å². The van der Waals surface area contributed by atoms with Gasteiger partial charge in [0.2, 0.25) is 5.91 Å². The molecule has 1 aliphatic rings. The van der Waals surface area contributed by atoms with Gasteiger partial charge in [0.25, 0.3) is 5.91 Å². The van der Waals surface area contributed by atoms with Crippen LogP contribution in [0, 0.1) is 5.92 Å². The number of amides is 4. The molecular weight excluding hydrogens is 620 g/mol. The Balaban J connectivity index is 1.29. The predicted octanol–water partition coefficient (Wildman–Crippen LogP) is 5.45. The molecule has 0 saturated carbocycles. The highest BCUT2D eigenvalue weighted by Crippen LogP contribution is 2.29. The third-order valence-corrected chi connectivity index (χ3v) is 8.58. The fourth-order valence-electron chi connectivity index (χ4n) is 5.79. The van der Waals surface area contributed by atoms with Gasteiger partial charge in [0.15, 0.2) is 0 Å². The number of nitrogens with two attached hydrogens (primary N) is 1. The monoisotopic (exact) mass is 664 g/mol. The lowest BCUT2D eigenvalue weighted by Crippen LogP contribution is -2.47. The molecular formula is C38H44N6O5. The van der Waals surface area contributed by atoms with Crippen LogP contribution in [0.2, 0.25) is 0 Å². The van der Waals surface area contributed by atoms with Crippen molar-refractivity contribution < 1.29 is 24.2 Å². The number of rotatable bonds is 10. The Morgan fingerprint density at radius 3 is 2.37 bits per heavy atom. The minimum Gasteiger partial charge on any atom is -0.488 e. The minimum atomic E-state index is -0.403. The molecule has 0 fully saturated rings. The van der Waals surface area contributed by atoms with E-state index < -0.39 is 6.03 Å². The average Bonchev–Trinajstić information content (AvgIpc) is 3.13. The summed E-state index contributed by atoms with van der Waals surface area (Å²) in [5.74, 6) is 0.130. The van der Waals surface area contributed by atoms with E-state index in [0.29, 0.717) is 59.3 Å². The van der Waals surface area contributed by atoms with Crippen molar-refractivity contribution in [2.75, 3.05) is 48.4 Å². The molecule has 0 saturated heterocycles. The number of anilines is 4. The summed E-state index contributed by atoms with van der Waals surface area (Å²) in [6.07, 6.45) is -0.244. The van der Waals surface area contributed by atoms with Crippen molar-refractivity contribution in [3.63, 3.8) is 0 Å². The Bertz CT molecular complexity index is 1750. The molecule has 0 spiro atoms. The van der Waals surface area contributed by atoms with Crippen molar-refractivity contribution in [3.8, 4) is 5.75 Å². The number of aliphatic hydroxyl groups excluding tert-OH is 1. The highest BCUT2D eigenvalue weighted by Gasteiger charge is 2.31. The van der Waals surface area contributed by atoms with Gasteiger partial charge in [0, 0.05) is 48.1 Å². The third-order valence-electron chi connectivity index (χ3n) is 8.58. The number of para-hydroxylation sites is 3. The van der Waals surface area contributed by atoms with Gasteiger partial charge in [0.05, 0.1) is 30.4 Å². The van der Waals surface area contributed by atoms with Gasteiger partial charge in [-0.3, -0.25) is 14.5 Å². The van der Waals surface area contributed by atoms with Crippen LogP contribution >= 0.6 is 0 Å². The van der Waals surface area contributed by atoms with Crippen molar-refractivity contribution in [1.82, 2.24) is 9.80 Å². The number of aliphatic hydroxyl groups is 1. The lowest BCUT2D eigenvalue weighted by atomic mass is 10.0. The van der Waals surface area contributed by atoms with Gasteiger partial charge in [-0.05, 0) is 74.1 Å². The zero-order chi connectivity index (χ0) is 34.9. The maximum absolute atomic E-state index is 13.6. The molecule has 4 amide bonds. The molecule has 1 heterocycles. The SMILES string of the molecule is C[C@H](CO)N1C[C@H](C)[C@@H](CN(C)Cc2ccc(C(=O)Nc3ccccc3N)cc2)Oc2ccc(NC(=O)Nc3ccccc3)cc2CC1=O. The first-order valence-electron chi connectivity index (χ1n) is 16.4. The number of benzene rings is 4. The number of hydrogen-bond acceptors (Lipinski definition) is 7. The van der Waals surface area contributed by atoms with Crippen LogP contribution < -0.4 is 26.4 Å². The van der Waals surface area contributed by atoms with Gasteiger partial charge in [-0.2, -0.15) is 0 Å². The zero-order valence-electron chi connectivity index (χ0n) is 28.1. The van der Waals surface area contributed by atoms with Crippen molar-refractivity contribution in [3.05, 3.63) is 114 Å². The molecule has 11 nitrogen and oxygen atoms in total. The van der Waals surface area contributed by atoms with Crippen LogP contribution in [0.25, 0.3) is 0 Å². The summed E-state index contributed by atoms with van der Waals surface area (Å²) in [7, 11) is 2.00. The summed E-state index contributed by atoms with van der Waals surface area (Å²) < 4.78 is 6.65. The number of urea groups is 1. The molecule has 0 bridgehead atoms. The number of carbonyl (C=O) groups is 3. The Morgan fingerprint density at radius 1 is 0.959 bits per heavy atom. The molecule has 4 aromatic rings. The van der Waals surface area contributed by atoms with E-state index in [1.165, 1.54) is 0 Å². The van der Waals surface area contributed by atoms with Crippen molar-refractivity contribution in [2.24, 2.45) is 5.92 Å². The summed E-state index contributed by atoms with van der Waals surface area (Å²) in [5, 5.41) is 18.5. The number of nitrogens with one attached hydrogen (secondary N) is 3. The molecule has 1 aliphatic heterocycles. The van der Waals surface area contributed by atoms with E-state index >= 15 is 0 Å². The molecule has 256 valence electrons. The molecule has 0 unspecified atom stereocenters. The van der Waals surface area contributed by atoms with Gasteiger partial charge >= 0.3 is 6.03 Å². The quantitative estimate of drug-likeness (QED) is 0.142. The van der Waals surface area contributed by atoms with E-state index in [9.17, 15) is 19.5 Å². The fourth-order valence-corrected chi connectivity index (χ4v) is 5.79. The molecule has 0 aromatic heterocycles. The van der Waals surface area contributed by atoms with Crippen LogP contribution in [0.15, 0.2) is 97.1 Å². The van der Waals surface area contributed by atoms with Crippen molar-refractivity contribution in [2.45, 2.75) is 39.0 Å². The normalized spacial score (nSPS) is 16.8. The van der Waals surface area contributed by atoms with Crippen LogP contribution in [0.3, 0.4) is 0 Å². The second kappa shape index (κ2) is 16.1. The van der Waals surface area contributed by atoms with E-state index in [-0.39, 0.29) is 42.9 Å². The van der Waals surface area contributed by atoms with Crippen LogP contribution in [-0.2, 0) is 17.8 Å². The number of carbonyl (C=O) groups excluding carboxylic acids is 3. The Morgan fingerprint density at radius 2 is 1.65 bits per heavy atom. The van der Waals surface area contributed by atoms with Gasteiger partial charge in [0.1, 0.15) is 11.9 Å². The summed E-state index contributed by atoms with van der Waals surface area (Å²) in [4.78, 5) is 42.9. The molecule has 0 aliphatic carbocycles. The lowest BCUT2D eigenvalue weighted by molar-refractivity contribution is -0.134. The van der Waals surface area contributed by atoms with Gasteiger partial charge in [-0.25, -0.2) is 4.79 Å². The largest absolute Gasteiger partial charge is 0.488 e. The number of nitrogens with zero attached hydrogens (tertiary/aromatic N) is 2. The smallest absolute Gasteiger partial charge is 0.323 e. The van der Waals surface area contributed by atoms with Crippen LogP contribution in [0.4, 0.5) is 27.5 Å². The van der Waals surface area contributed by atoms with E-state index in [1.807, 2.05) is 63.4 Å². The molecule has 6 N–H and O–H groups in total. The first-order valence-corrected chi connectivity index (χ1v) is 16.4. The van der Waals surface area contributed by atoms with Crippen LogP contribution in [0.1, 0.15) is 35.3 Å². The van der Waals surface area contributed by atoms with E-state index in [0.717, 1.165) is 5.56 Å². The summed E-state index contributed by atoms with van der Waals surface area (Å²) in [6.45, 7) is 5.27. The Hall–Kier alpha value is -5.39. The van der Waals surface area contributed by atoms with Gasteiger partial charge in [-0.1, -0.05) is 49.4 Å². The molecule has 4 aromatic carbocycles. The fraction of sp³-hybridized carbons (Fsp3) is 0.289. The predicted molar refractivity (Wildman–Crippen MR) is 193 cm³/mol. The molecule has 11 heteroatoms. The zero-order valence-corrected chi connectivity index (χ0v) is 28.1. The standard InChI is InChI=1S/C38H44N6O5/c1-25-21-44(26(2)24-45)36(46)20-29-19-31(41-38(48)40-30-9-5-4-6-10-30)17-18-34(29)49-35(25)23-43(3)22-27-13-15-28(16-14-27)37(47)42-33-12-8-7-11-32(33)39/h4-19,25-26,35,45H,20-24,39H2,1-3H3,(H,42,47)(H2,40,41,48)/t25-,26+,35+/m0/s1. The minimum absolute atomic E-state index is 0.0571. The summed E-state index contributed by atoms with van der Waals surface area (Å²) >= 11 is 0. The molecule has 5 rings (SSSR count). The highest BCUT2D eigenvalue weighted by atomic mass is 16.5. The Labute approximate surface area is 287 Å². The lowest BCUT2D eigenvalue weighted by Gasteiger charge is -2.34. The van der Waals surface area contributed by atoms with E-state index in [1.54, 1.807) is 59.5 Å². The average molecular weight is 665 g/mol. The number of nitrogen functional groups attached to an aromatic ring is 1. The highest BCUT2D eigenvalue weighted by molar-refractivity contribution is 6.05. The second-order valence-corrected chi connectivity index (χ2v) is 12.6. The maximum Gasteiger partial charge on any atom is 0.323 e. The molecule has 3 atom stereocenters. The summed E-state index contributed by atoms with van der Waals surface area (Å²) in [6, 6.07) is 28.2. The van der Waals surface area contributed by atoms with Crippen LogP contribution in [-0.4, -0.2) is 71.6 Å². The number of likely N-dealkylation sites (N-methyl/N-ethyl adjacent to an activating group) is 1. The molecule has 0 radical (unpaired) electrons. The summed E-state index contributed by atoms with van der Waals surface area (Å²) in [5.41, 5.74) is 10.4. The van der Waals surface area contributed by atoms with Crippen molar-refractivity contribution >= 4 is 40.6 Å².